The normalized spacial score (nSPS) is 11.7. The molecule has 0 aromatic heterocycles. The van der Waals surface area contributed by atoms with Crippen molar-refractivity contribution in [2.45, 2.75) is 6.18 Å². The molecular formula is C12H7F3O. The molecule has 0 aliphatic heterocycles. The minimum atomic E-state index is -4.45. The number of hydrogen-bond acceptors (Lipinski definition) is 1. The predicted octanol–water partition coefficient (Wildman–Crippen LogP) is 3.67. The Bertz CT molecular complexity index is 538. The number of benzene rings is 2. The van der Waals surface area contributed by atoms with Crippen molar-refractivity contribution in [3.05, 3.63) is 47.5 Å². The summed E-state index contributed by atoms with van der Waals surface area (Å²) in [4.78, 5) is 10.7. The Morgan fingerprint density at radius 1 is 1.00 bits per heavy atom. The Hall–Kier alpha value is -1.84. The van der Waals surface area contributed by atoms with E-state index in [4.69, 9.17) is 0 Å². The highest BCUT2D eigenvalue weighted by Crippen LogP contribution is 2.35. The van der Waals surface area contributed by atoms with Gasteiger partial charge in [-0.25, -0.2) is 0 Å². The number of hydrogen-bond donors (Lipinski definition) is 0. The number of alkyl halides is 3. The monoisotopic (exact) mass is 224 g/mol. The molecule has 0 aliphatic carbocycles. The van der Waals surface area contributed by atoms with Crippen LogP contribution >= 0.6 is 0 Å². The van der Waals surface area contributed by atoms with Gasteiger partial charge in [-0.1, -0.05) is 30.3 Å². The van der Waals surface area contributed by atoms with Crippen molar-refractivity contribution in [3.8, 4) is 0 Å². The first-order valence-corrected chi connectivity index (χ1v) is 4.58. The summed E-state index contributed by atoms with van der Waals surface area (Å²) in [6, 6.07) is 8.36. The van der Waals surface area contributed by atoms with E-state index < -0.39 is 11.7 Å². The van der Waals surface area contributed by atoms with Crippen molar-refractivity contribution in [2.24, 2.45) is 0 Å². The molecule has 1 nitrogen and oxygen atoms in total. The van der Waals surface area contributed by atoms with Crippen LogP contribution < -0.4 is 0 Å². The summed E-state index contributed by atoms with van der Waals surface area (Å²) in [5.41, 5.74) is -0.710. The number of carbonyl (C=O) groups excluding carboxylic acids is 1. The zero-order chi connectivity index (χ0) is 11.8. The van der Waals surface area contributed by atoms with Gasteiger partial charge in [0.15, 0.2) is 6.29 Å². The average Bonchev–Trinajstić information content (AvgIpc) is 2.26. The lowest BCUT2D eigenvalue weighted by atomic mass is 9.99. The van der Waals surface area contributed by atoms with Crippen molar-refractivity contribution in [1.82, 2.24) is 0 Å². The average molecular weight is 224 g/mol. The zero-order valence-electron chi connectivity index (χ0n) is 8.08. The van der Waals surface area contributed by atoms with E-state index in [-0.39, 0.29) is 10.9 Å². The quantitative estimate of drug-likeness (QED) is 0.675. The molecule has 0 unspecified atom stereocenters. The molecular weight excluding hydrogens is 217 g/mol. The Kier molecular flexibility index (Phi) is 2.42. The third kappa shape index (κ3) is 1.66. The van der Waals surface area contributed by atoms with Crippen molar-refractivity contribution >= 4 is 17.1 Å². The summed E-state index contributed by atoms with van der Waals surface area (Å²) in [5, 5.41) is 0.381. The maximum atomic E-state index is 12.7. The fourth-order valence-corrected chi connectivity index (χ4v) is 1.70. The van der Waals surface area contributed by atoms with Crippen molar-refractivity contribution < 1.29 is 18.0 Å². The molecule has 82 valence electrons. The molecule has 2 rings (SSSR count). The topological polar surface area (TPSA) is 17.1 Å². The van der Waals surface area contributed by atoms with Gasteiger partial charge in [0, 0.05) is 10.9 Å². The van der Waals surface area contributed by atoms with Crippen LogP contribution in [0.15, 0.2) is 36.4 Å². The number of aldehydes is 1. The van der Waals surface area contributed by atoms with Gasteiger partial charge < -0.3 is 0 Å². The van der Waals surface area contributed by atoms with Gasteiger partial charge >= 0.3 is 6.18 Å². The minimum Gasteiger partial charge on any atom is -0.298 e. The second-order valence-corrected chi connectivity index (χ2v) is 3.37. The van der Waals surface area contributed by atoms with Crippen LogP contribution in [-0.4, -0.2) is 6.29 Å². The van der Waals surface area contributed by atoms with E-state index in [2.05, 4.69) is 0 Å². The summed E-state index contributed by atoms with van der Waals surface area (Å²) < 4.78 is 38.2. The molecule has 0 aliphatic rings. The summed E-state index contributed by atoms with van der Waals surface area (Å²) >= 11 is 0. The predicted molar refractivity (Wildman–Crippen MR) is 54.3 cm³/mol. The van der Waals surface area contributed by atoms with Gasteiger partial charge in [-0.2, -0.15) is 13.2 Å². The van der Waals surface area contributed by atoms with E-state index in [1.165, 1.54) is 12.1 Å². The first-order chi connectivity index (χ1) is 7.54. The molecule has 0 atom stereocenters. The molecule has 0 fully saturated rings. The second-order valence-electron chi connectivity index (χ2n) is 3.37. The molecule has 0 radical (unpaired) electrons. The first-order valence-electron chi connectivity index (χ1n) is 4.58. The molecule has 2 aromatic rings. The molecule has 0 N–H and O–H groups in total. The molecule has 0 bridgehead atoms. The lowest BCUT2D eigenvalue weighted by Crippen LogP contribution is -2.06. The fraction of sp³-hybridized carbons (Fsp3) is 0.0833. The van der Waals surface area contributed by atoms with Crippen LogP contribution in [0.25, 0.3) is 10.8 Å². The Balaban J connectivity index is 2.89. The molecule has 4 heteroatoms. The fourth-order valence-electron chi connectivity index (χ4n) is 1.70. The van der Waals surface area contributed by atoms with Crippen molar-refractivity contribution in [3.63, 3.8) is 0 Å². The SMILES string of the molecule is O=Cc1cccc2cccc(C(F)(F)F)c12. The lowest BCUT2D eigenvalue weighted by Gasteiger charge is -2.11. The van der Waals surface area contributed by atoms with Crippen molar-refractivity contribution in [1.29, 1.82) is 0 Å². The van der Waals surface area contributed by atoms with E-state index in [1.807, 2.05) is 0 Å². The number of rotatable bonds is 1. The highest BCUT2D eigenvalue weighted by atomic mass is 19.4. The van der Waals surface area contributed by atoms with E-state index in [0.717, 1.165) is 6.07 Å². The molecule has 0 saturated carbocycles. The van der Waals surface area contributed by atoms with E-state index in [1.54, 1.807) is 18.2 Å². The van der Waals surface area contributed by atoms with E-state index in [9.17, 15) is 18.0 Å². The third-order valence-corrected chi connectivity index (χ3v) is 2.37. The maximum absolute atomic E-state index is 12.7. The second kappa shape index (κ2) is 3.63. The first kappa shape index (κ1) is 10.7. The number of halogens is 3. The van der Waals surface area contributed by atoms with Gasteiger partial charge in [0.1, 0.15) is 0 Å². The maximum Gasteiger partial charge on any atom is 0.417 e. The van der Waals surface area contributed by atoms with Crippen LogP contribution in [0.4, 0.5) is 13.2 Å². The van der Waals surface area contributed by atoms with Crippen LogP contribution in [0.5, 0.6) is 0 Å². The molecule has 0 amide bonds. The lowest BCUT2D eigenvalue weighted by molar-refractivity contribution is -0.136. The van der Waals surface area contributed by atoms with Crippen LogP contribution in [-0.2, 0) is 6.18 Å². The Labute approximate surface area is 89.5 Å². The zero-order valence-corrected chi connectivity index (χ0v) is 8.08. The minimum absolute atomic E-state index is 0.0347. The number of fused-ring (bicyclic) bond motifs is 1. The van der Waals surface area contributed by atoms with Crippen LogP contribution in [0.2, 0.25) is 0 Å². The van der Waals surface area contributed by atoms with Gasteiger partial charge in [-0.05, 0) is 11.5 Å². The smallest absolute Gasteiger partial charge is 0.298 e. The van der Waals surface area contributed by atoms with E-state index >= 15 is 0 Å². The van der Waals surface area contributed by atoms with Crippen LogP contribution in [0, 0.1) is 0 Å². The Morgan fingerprint density at radius 2 is 1.62 bits per heavy atom. The molecule has 0 spiro atoms. The summed E-state index contributed by atoms with van der Waals surface area (Å²) in [6.07, 6.45) is -4.00. The van der Waals surface area contributed by atoms with Crippen LogP contribution in [0.3, 0.4) is 0 Å². The van der Waals surface area contributed by atoms with Crippen LogP contribution in [0.1, 0.15) is 15.9 Å². The Morgan fingerprint density at radius 3 is 2.19 bits per heavy atom. The van der Waals surface area contributed by atoms with Crippen molar-refractivity contribution in [2.75, 3.05) is 0 Å². The molecule has 16 heavy (non-hydrogen) atoms. The largest absolute Gasteiger partial charge is 0.417 e. The van der Waals surface area contributed by atoms with E-state index in [0.29, 0.717) is 11.7 Å². The molecule has 0 saturated heterocycles. The molecule has 0 heterocycles. The highest BCUT2D eigenvalue weighted by molar-refractivity contribution is 6.00. The highest BCUT2D eigenvalue weighted by Gasteiger charge is 2.32. The van der Waals surface area contributed by atoms with Gasteiger partial charge in [0.25, 0.3) is 0 Å². The van der Waals surface area contributed by atoms with Gasteiger partial charge in [0.2, 0.25) is 0 Å². The van der Waals surface area contributed by atoms with Gasteiger partial charge in [0.05, 0.1) is 5.56 Å². The van der Waals surface area contributed by atoms with Gasteiger partial charge in [-0.3, -0.25) is 4.79 Å². The summed E-state index contributed by atoms with van der Waals surface area (Å²) in [6.45, 7) is 0. The third-order valence-electron chi connectivity index (χ3n) is 2.37. The summed E-state index contributed by atoms with van der Waals surface area (Å²) in [7, 11) is 0. The summed E-state index contributed by atoms with van der Waals surface area (Å²) in [5.74, 6) is 0. The standard InChI is InChI=1S/C12H7F3O/c13-12(14,15)10-6-2-4-8-3-1-5-9(7-16)11(8)10/h1-7H. The van der Waals surface area contributed by atoms with Gasteiger partial charge in [-0.15, -0.1) is 0 Å². The molecule has 2 aromatic carbocycles. The number of carbonyl (C=O) groups is 1.